The normalized spacial score (nSPS) is 19.0. The van der Waals surface area contributed by atoms with E-state index in [0.29, 0.717) is 22.7 Å². The van der Waals surface area contributed by atoms with Gasteiger partial charge in [-0.15, -0.1) is 13.2 Å². The first kappa shape index (κ1) is 28.8. The molecule has 3 heterocycles. The predicted molar refractivity (Wildman–Crippen MR) is 151 cm³/mol. The van der Waals surface area contributed by atoms with E-state index in [1.165, 1.54) is 16.8 Å². The van der Waals surface area contributed by atoms with Crippen LogP contribution in [0.3, 0.4) is 0 Å². The zero-order valence-corrected chi connectivity index (χ0v) is 23.7. The van der Waals surface area contributed by atoms with Crippen LogP contribution in [0.2, 0.25) is 0 Å². The van der Waals surface area contributed by atoms with Gasteiger partial charge in [-0.05, 0) is 62.9 Å². The van der Waals surface area contributed by atoms with Crippen molar-refractivity contribution in [3.63, 3.8) is 0 Å². The molecule has 4 aromatic rings. The molecule has 12 heteroatoms. The van der Waals surface area contributed by atoms with Gasteiger partial charge in [0.15, 0.2) is 0 Å². The summed E-state index contributed by atoms with van der Waals surface area (Å²) >= 11 is 0. The van der Waals surface area contributed by atoms with Gasteiger partial charge >= 0.3 is 12.3 Å². The first-order valence-electron chi connectivity index (χ1n) is 14.2. The van der Waals surface area contributed by atoms with Gasteiger partial charge in [0, 0.05) is 47.9 Å². The number of aryl methyl sites for hydroxylation is 1. The number of para-hydroxylation sites is 1. The summed E-state index contributed by atoms with van der Waals surface area (Å²) in [6, 6.07) is 15.6. The fourth-order valence-electron chi connectivity index (χ4n) is 5.71. The van der Waals surface area contributed by atoms with E-state index in [-0.39, 0.29) is 41.7 Å². The van der Waals surface area contributed by atoms with Crippen LogP contribution >= 0.6 is 0 Å². The molecular formula is C31H31F3N4O5. The van der Waals surface area contributed by atoms with Gasteiger partial charge in [0.25, 0.3) is 0 Å². The number of halogens is 3. The highest BCUT2D eigenvalue weighted by Gasteiger charge is 2.36. The van der Waals surface area contributed by atoms with E-state index in [1.54, 1.807) is 25.2 Å². The van der Waals surface area contributed by atoms with Crippen molar-refractivity contribution < 1.29 is 37.1 Å². The van der Waals surface area contributed by atoms with Gasteiger partial charge in [0.1, 0.15) is 22.9 Å². The number of nitrogens with zero attached hydrogens (tertiary/aromatic N) is 4. The largest absolute Gasteiger partial charge is 0.573 e. The first-order chi connectivity index (χ1) is 20.6. The Balaban J connectivity index is 1.13. The third-order valence-electron chi connectivity index (χ3n) is 8.02. The summed E-state index contributed by atoms with van der Waals surface area (Å²) in [5, 5.41) is 17.8. The van der Waals surface area contributed by atoms with E-state index >= 15 is 0 Å². The summed E-state index contributed by atoms with van der Waals surface area (Å²) < 4.78 is 56.9. The molecule has 2 fully saturated rings. The molecule has 6 rings (SSSR count). The number of carbonyl (C=O) groups is 1. The maximum atomic E-state index is 13.1. The molecule has 9 nitrogen and oxygen atoms in total. The number of piperidine rings is 1. The van der Waals surface area contributed by atoms with Crippen molar-refractivity contribution in [3.8, 4) is 28.3 Å². The number of aromatic carboxylic acids is 1. The molecule has 2 aromatic carbocycles. The molecule has 2 atom stereocenters. The molecule has 0 bridgehead atoms. The smallest absolute Gasteiger partial charge is 0.477 e. The number of hydrogen-bond donors (Lipinski definition) is 1. The topological polar surface area (TPSA) is 103 Å². The Hall–Kier alpha value is -4.32. The molecule has 0 unspecified atom stereocenters. The zero-order chi connectivity index (χ0) is 30.3. The van der Waals surface area contributed by atoms with Crippen molar-refractivity contribution >= 4 is 11.7 Å². The van der Waals surface area contributed by atoms with E-state index in [1.807, 2.05) is 24.3 Å². The summed E-state index contributed by atoms with van der Waals surface area (Å²) in [5.41, 5.74) is 3.79. The second kappa shape index (κ2) is 11.4. The average Bonchev–Trinajstić information content (AvgIpc) is 3.60. The molecule has 0 amide bonds. The van der Waals surface area contributed by atoms with Gasteiger partial charge in [0.05, 0.1) is 18.4 Å². The van der Waals surface area contributed by atoms with Crippen LogP contribution in [0, 0.1) is 0 Å². The van der Waals surface area contributed by atoms with Crippen LogP contribution in [0.15, 0.2) is 59.1 Å². The van der Waals surface area contributed by atoms with Crippen LogP contribution in [-0.4, -0.2) is 51.1 Å². The lowest BCUT2D eigenvalue weighted by Crippen LogP contribution is -2.43. The highest BCUT2D eigenvalue weighted by Crippen LogP contribution is 2.46. The number of carboxylic acids is 1. The van der Waals surface area contributed by atoms with Gasteiger partial charge in [-0.25, -0.2) is 4.79 Å². The summed E-state index contributed by atoms with van der Waals surface area (Å²) in [4.78, 5) is 13.7. The van der Waals surface area contributed by atoms with Crippen molar-refractivity contribution in [2.24, 2.45) is 7.05 Å². The molecule has 0 spiro atoms. The van der Waals surface area contributed by atoms with Crippen LogP contribution in [0.25, 0.3) is 22.5 Å². The number of hydrogen-bond acceptors (Lipinski definition) is 7. The molecule has 0 radical (unpaired) electrons. The SMILES string of the molecule is C[C@@H]1C[C@H](OCc2c(-c3ccccc3OC(F)(F)F)noc2C2CC2)CCN1c1ccc(-c2cc(C(=O)O)n(C)n2)cc1. The molecular weight excluding hydrogens is 565 g/mol. The standard InChI is InChI=1S/C31H31F3N4O5/c1-18-15-22(13-14-38(18)21-11-9-19(10-12-21)25-16-26(30(39)40)37(2)35-25)41-17-24-28(36-43-29(24)20-7-8-20)23-5-3-4-6-27(23)42-31(32,33)34/h3-6,9-12,16,18,20,22H,7-8,13-15,17H2,1-2H3,(H,39,40)/t18-,22-/m1/s1. The summed E-state index contributed by atoms with van der Waals surface area (Å²) in [6.07, 6.45) is -1.47. The van der Waals surface area contributed by atoms with Crippen LogP contribution in [0.5, 0.6) is 5.75 Å². The van der Waals surface area contributed by atoms with Gasteiger partial charge < -0.3 is 24.0 Å². The minimum atomic E-state index is -4.83. The number of anilines is 1. The van der Waals surface area contributed by atoms with Crippen molar-refractivity contribution in [1.82, 2.24) is 14.9 Å². The molecule has 1 aliphatic carbocycles. The van der Waals surface area contributed by atoms with Crippen LogP contribution in [-0.2, 0) is 18.4 Å². The van der Waals surface area contributed by atoms with Crippen molar-refractivity contribution in [2.45, 2.75) is 63.6 Å². The zero-order valence-electron chi connectivity index (χ0n) is 23.7. The lowest BCUT2D eigenvalue weighted by molar-refractivity contribution is -0.274. The second-order valence-electron chi connectivity index (χ2n) is 11.1. The second-order valence-corrected chi connectivity index (χ2v) is 11.1. The fraction of sp³-hybridized carbons (Fsp3) is 0.387. The van der Waals surface area contributed by atoms with E-state index in [9.17, 15) is 23.1 Å². The third-order valence-corrected chi connectivity index (χ3v) is 8.02. The molecule has 1 N–H and O–H groups in total. The monoisotopic (exact) mass is 596 g/mol. The summed E-state index contributed by atoms with van der Waals surface area (Å²) in [6.45, 7) is 3.07. The van der Waals surface area contributed by atoms with Crippen molar-refractivity contribution in [1.29, 1.82) is 0 Å². The Morgan fingerprint density at radius 3 is 2.51 bits per heavy atom. The molecule has 2 aliphatic rings. The van der Waals surface area contributed by atoms with E-state index in [0.717, 1.165) is 43.5 Å². The molecule has 226 valence electrons. The Bertz CT molecular complexity index is 1610. The van der Waals surface area contributed by atoms with Crippen LogP contribution in [0.1, 0.15) is 60.3 Å². The van der Waals surface area contributed by atoms with E-state index in [4.69, 9.17) is 9.26 Å². The predicted octanol–water partition coefficient (Wildman–Crippen LogP) is 6.79. The number of rotatable bonds is 9. The maximum Gasteiger partial charge on any atom is 0.573 e. The summed E-state index contributed by atoms with van der Waals surface area (Å²) in [7, 11) is 1.60. The van der Waals surface area contributed by atoms with E-state index in [2.05, 4.69) is 26.8 Å². The number of aromatic nitrogens is 3. The van der Waals surface area contributed by atoms with E-state index < -0.39 is 12.3 Å². The average molecular weight is 597 g/mol. The number of carboxylic acid groups (broad SMARTS) is 1. The number of ether oxygens (including phenoxy) is 2. The molecule has 2 aromatic heterocycles. The Labute approximate surface area is 245 Å². The quantitative estimate of drug-likeness (QED) is 0.225. The third kappa shape index (κ3) is 6.24. The minimum absolute atomic E-state index is 0.0510. The van der Waals surface area contributed by atoms with Crippen molar-refractivity contribution in [2.75, 3.05) is 11.4 Å². The van der Waals surface area contributed by atoms with Gasteiger partial charge in [-0.2, -0.15) is 5.10 Å². The lowest BCUT2D eigenvalue weighted by atomic mass is 9.99. The minimum Gasteiger partial charge on any atom is -0.477 e. The van der Waals surface area contributed by atoms with Crippen LogP contribution < -0.4 is 9.64 Å². The lowest BCUT2D eigenvalue weighted by Gasteiger charge is -2.39. The van der Waals surface area contributed by atoms with Gasteiger partial charge in [-0.3, -0.25) is 4.68 Å². The highest BCUT2D eigenvalue weighted by atomic mass is 19.4. The first-order valence-corrected chi connectivity index (χ1v) is 14.2. The fourth-order valence-corrected chi connectivity index (χ4v) is 5.71. The molecule has 1 aliphatic heterocycles. The number of alkyl halides is 3. The molecule has 1 saturated carbocycles. The maximum absolute atomic E-state index is 13.1. The Morgan fingerprint density at radius 2 is 1.86 bits per heavy atom. The number of benzene rings is 2. The van der Waals surface area contributed by atoms with Gasteiger partial charge in [0.2, 0.25) is 0 Å². The Kier molecular flexibility index (Phi) is 7.63. The highest BCUT2D eigenvalue weighted by molar-refractivity contribution is 5.87. The van der Waals surface area contributed by atoms with Crippen LogP contribution in [0.4, 0.5) is 18.9 Å². The molecule has 1 saturated heterocycles. The molecule has 43 heavy (non-hydrogen) atoms. The summed E-state index contributed by atoms with van der Waals surface area (Å²) in [5.74, 6) is -0.488. The van der Waals surface area contributed by atoms with Crippen molar-refractivity contribution in [3.05, 3.63) is 71.6 Å². The Morgan fingerprint density at radius 1 is 1.12 bits per heavy atom. The van der Waals surface area contributed by atoms with Gasteiger partial charge in [-0.1, -0.05) is 29.4 Å².